The van der Waals surface area contributed by atoms with Crippen molar-refractivity contribution in [2.24, 2.45) is 52.3 Å². The fraction of sp³-hybridized carbons (Fsp3) is 1.00. The zero-order valence-corrected chi connectivity index (χ0v) is 23.2. The molecule has 5 saturated carbocycles. The minimum absolute atomic E-state index is 0.369. The van der Waals surface area contributed by atoms with Crippen LogP contribution in [0.15, 0.2) is 0 Å². The van der Waals surface area contributed by atoms with Crippen LogP contribution in [0.5, 0.6) is 0 Å². The molecule has 34 heavy (non-hydrogen) atoms. The summed E-state index contributed by atoms with van der Waals surface area (Å²) in [7, 11) is 0. The molecule has 5 aliphatic carbocycles. The van der Waals surface area contributed by atoms with Crippen LogP contribution in [0.2, 0.25) is 0 Å². The minimum atomic E-state index is -0.423. The first-order valence-corrected chi connectivity index (χ1v) is 15.4. The van der Waals surface area contributed by atoms with Gasteiger partial charge in [0, 0.05) is 0 Å². The SMILES string of the molecule is CCC1CCC(O)(CC[C@@H](C)[C@H]2CC[C@H]3[C@@H]4CC[C@H]5C[C@@](C)(O)CC[C@]5(C)[C@H]4CC[C@]23C)CC1. The Kier molecular flexibility index (Phi) is 6.80. The van der Waals surface area contributed by atoms with E-state index in [1.54, 1.807) is 0 Å². The monoisotopic (exact) mass is 472 g/mol. The highest BCUT2D eigenvalue weighted by atomic mass is 16.3. The number of aliphatic hydroxyl groups is 2. The van der Waals surface area contributed by atoms with Gasteiger partial charge in [0.1, 0.15) is 0 Å². The molecule has 0 heterocycles. The van der Waals surface area contributed by atoms with Gasteiger partial charge in [0.05, 0.1) is 11.2 Å². The molecule has 0 spiro atoms. The van der Waals surface area contributed by atoms with Crippen molar-refractivity contribution in [3.63, 3.8) is 0 Å². The molecule has 2 nitrogen and oxygen atoms in total. The summed E-state index contributed by atoms with van der Waals surface area (Å²) in [4.78, 5) is 0. The molecular formula is C32H56O2. The summed E-state index contributed by atoms with van der Waals surface area (Å²) in [5.74, 6) is 5.93. The minimum Gasteiger partial charge on any atom is -0.390 e. The van der Waals surface area contributed by atoms with E-state index >= 15 is 0 Å². The summed E-state index contributed by atoms with van der Waals surface area (Å²) in [6.45, 7) is 12.2. The van der Waals surface area contributed by atoms with Crippen molar-refractivity contribution in [3.05, 3.63) is 0 Å². The molecule has 5 fully saturated rings. The lowest BCUT2D eigenvalue weighted by Crippen LogP contribution is -2.55. The van der Waals surface area contributed by atoms with Crippen molar-refractivity contribution in [2.45, 2.75) is 149 Å². The van der Waals surface area contributed by atoms with Gasteiger partial charge in [-0.15, -0.1) is 0 Å². The Bertz CT molecular complexity index is 721. The summed E-state index contributed by atoms with van der Waals surface area (Å²) in [5, 5.41) is 22.1. The van der Waals surface area contributed by atoms with Gasteiger partial charge >= 0.3 is 0 Å². The zero-order valence-electron chi connectivity index (χ0n) is 23.2. The van der Waals surface area contributed by atoms with E-state index in [1.165, 1.54) is 70.6 Å². The molecule has 2 heteroatoms. The molecule has 0 radical (unpaired) electrons. The van der Waals surface area contributed by atoms with E-state index in [1.807, 2.05) is 0 Å². The smallest absolute Gasteiger partial charge is 0.0648 e. The zero-order chi connectivity index (χ0) is 24.4. The van der Waals surface area contributed by atoms with Crippen molar-refractivity contribution in [1.82, 2.24) is 0 Å². The molecule has 0 bridgehead atoms. The van der Waals surface area contributed by atoms with Crippen molar-refractivity contribution in [1.29, 1.82) is 0 Å². The first kappa shape index (κ1) is 25.6. The molecule has 0 aromatic carbocycles. The summed E-state index contributed by atoms with van der Waals surface area (Å²) in [6.07, 6.45) is 19.9. The Balaban J connectivity index is 1.23. The fourth-order valence-electron chi connectivity index (χ4n) is 11.0. The van der Waals surface area contributed by atoms with E-state index in [9.17, 15) is 10.2 Å². The third kappa shape index (κ3) is 4.33. The molecule has 0 aliphatic heterocycles. The van der Waals surface area contributed by atoms with E-state index in [2.05, 4.69) is 34.6 Å². The van der Waals surface area contributed by atoms with Crippen LogP contribution in [0.1, 0.15) is 137 Å². The highest BCUT2D eigenvalue weighted by Gasteiger charge is 2.61. The third-order valence-electron chi connectivity index (χ3n) is 13.4. The molecule has 196 valence electrons. The Morgan fingerprint density at radius 1 is 0.765 bits per heavy atom. The van der Waals surface area contributed by atoms with Gasteiger partial charge < -0.3 is 10.2 Å². The fourth-order valence-corrected chi connectivity index (χ4v) is 11.0. The average molecular weight is 473 g/mol. The summed E-state index contributed by atoms with van der Waals surface area (Å²) in [6, 6.07) is 0. The van der Waals surface area contributed by atoms with Gasteiger partial charge in [-0.1, -0.05) is 34.1 Å². The third-order valence-corrected chi connectivity index (χ3v) is 13.4. The highest BCUT2D eigenvalue weighted by Crippen LogP contribution is 2.69. The quantitative estimate of drug-likeness (QED) is 0.424. The van der Waals surface area contributed by atoms with E-state index in [0.29, 0.717) is 10.8 Å². The van der Waals surface area contributed by atoms with Gasteiger partial charge in [-0.05, 0) is 155 Å². The van der Waals surface area contributed by atoms with Gasteiger partial charge in [0.25, 0.3) is 0 Å². The Hall–Kier alpha value is -0.0800. The predicted octanol–water partition coefficient (Wildman–Crippen LogP) is 8.14. The van der Waals surface area contributed by atoms with E-state index in [4.69, 9.17) is 0 Å². The maximum absolute atomic E-state index is 11.3. The topological polar surface area (TPSA) is 40.5 Å². The summed E-state index contributed by atoms with van der Waals surface area (Å²) in [5.41, 5.74) is 0.197. The molecule has 5 aliphatic rings. The maximum atomic E-state index is 11.3. The molecular weight excluding hydrogens is 416 g/mol. The van der Waals surface area contributed by atoms with Crippen LogP contribution in [0, 0.1) is 52.3 Å². The van der Waals surface area contributed by atoms with Gasteiger partial charge in [0.2, 0.25) is 0 Å². The summed E-state index contributed by atoms with van der Waals surface area (Å²) < 4.78 is 0. The number of fused-ring (bicyclic) bond motifs is 5. The van der Waals surface area contributed by atoms with Crippen LogP contribution in [0.25, 0.3) is 0 Å². The van der Waals surface area contributed by atoms with Crippen LogP contribution in [0.3, 0.4) is 0 Å². The van der Waals surface area contributed by atoms with E-state index in [0.717, 1.165) is 73.5 Å². The number of hydrogen-bond donors (Lipinski definition) is 2. The maximum Gasteiger partial charge on any atom is 0.0648 e. The molecule has 2 N–H and O–H groups in total. The number of hydrogen-bond acceptors (Lipinski definition) is 2. The van der Waals surface area contributed by atoms with Crippen LogP contribution in [0.4, 0.5) is 0 Å². The molecule has 0 amide bonds. The molecule has 9 atom stereocenters. The molecule has 5 rings (SSSR count). The van der Waals surface area contributed by atoms with Gasteiger partial charge in [-0.2, -0.15) is 0 Å². The van der Waals surface area contributed by atoms with Crippen LogP contribution in [-0.2, 0) is 0 Å². The second kappa shape index (κ2) is 9.04. The average Bonchev–Trinajstić information content (AvgIpc) is 3.16. The van der Waals surface area contributed by atoms with Crippen LogP contribution < -0.4 is 0 Å². The Morgan fingerprint density at radius 2 is 1.47 bits per heavy atom. The van der Waals surface area contributed by atoms with E-state index in [-0.39, 0.29) is 5.60 Å². The van der Waals surface area contributed by atoms with Crippen molar-refractivity contribution in [3.8, 4) is 0 Å². The molecule has 0 aromatic heterocycles. The normalized spacial score (nSPS) is 54.1. The van der Waals surface area contributed by atoms with Gasteiger partial charge in [-0.3, -0.25) is 0 Å². The van der Waals surface area contributed by atoms with Crippen LogP contribution >= 0.6 is 0 Å². The molecule has 0 saturated heterocycles. The lowest BCUT2D eigenvalue weighted by molar-refractivity contribution is -0.148. The molecule has 0 aromatic rings. The van der Waals surface area contributed by atoms with Crippen LogP contribution in [-0.4, -0.2) is 21.4 Å². The lowest BCUT2D eigenvalue weighted by atomic mass is 9.43. The highest BCUT2D eigenvalue weighted by molar-refractivity contribution is 5.10. The van der Waals surface area contributed by atoms with E-state index < -0.39 is 5.60 Å². The summed E-state index contributed by atoms with van der Waals surface area (Å²) >= 11 is 0. The van der Waals surface area contributed by atoms with Gasteiger partial charge in [-0.25, -0.2) is 0 Å². The van der Waals surface area contributed by atoms with Crippen molar-refractivity contribution >= 4 is 0 Å². The van der Waals surface area contributed by atoms with Crippen molar-refractivity contribution < 1.29 is 10.2 Å². The van der Waals surface area contributed by atoms with Crippen molar-refractivity contribution in [2.75, 3.05) is 0 Å². The Morgan fingerprint density at radius 3 is 2.18 bits per heavy atom. The Labute approximate surface area is 211 Å². The second-order valence-corrected chi connectivity index (χ2v) is 15.2. The first-order chi connectivity index (χ1) is 16.0. The predicted molar refractivity (Wildman–Crippen MR) is 141 cm³/mol. The number of rotatable bonds is 5. The van der Waals surface area contributed by atoms with Gasteiger partial charge in [0.15, 0.2) is 0 Å². The largest absolute Gasteiger partial charge is 0.390 e. The lowest BCUT2D eigenvalue weighted by Gasteiger charge is -2.62. The first-order valence-electron chi connectivity index (χ1n) is 15.4. The molecule has 0 unspecified atom stereocenters. The second-order valence-electron chi connectivity index (χ2n) is 15.2. The standard InChI is InChI=1S/C32H56O2/c1-6-23-12-17-32(34,18-13-23)16-11-22(2)26-9-10-27-25-8-7-24-21-29(3,33)19-20-30(24,4)28(25)14-15-31(26,27)5/h22-28,33-34H,6-21H2,1-5H3/t22-,23?,24+,25+,26-,27+,28+,29+,30+,31-,32?/m1/s1.